The van der Waals surface area contributed by atoms with Crippen molar-refractivity contribution in [2.75, 3.05) is 13.2 Å². The highest BCUT2D eigenvalue weighted by Gasteiger charge is 2.19. The number of rotatable bonds is 40. The summed E-state index contributed by atoms with van der Waals surface area (Å²) in [7, 11) is 0. The summed E-state index contributed by atoms with van der Waals surface area (Å²) in [5, 5.41) is 0. The molecule has 0 aliphatic carbocycles. The van der Waals surface area contributed by atoms with E-state index in [1.807, 2.05) is 60.8 Å². The quantitative estimate of drug-likeness (QED) is 0.0202. The van der Waals surface area contributed by atoms with Crippen LogP contribution in [0.2, 0.25) is 0 Å². The molecule has 0 radical (unpaired) electrons. The third-order valence-corrected chi connectivity index (χ3v) is 9.50. The van der Waals surface area contributed by atoms with Gasteiger partial charge in [0.05, 0.1) is 0 Å². The summed E-state index contributed by atoms with van der Waals surface area (Å²) >= 11 is 0. The van der Waals surface area contributed by atoms with Gasteiger partial charge >= 0.3 is 17.9 Å². The fourth-order valence-electron chi connectivity index (χ4n) is 6.04. The molecule has 0 aromatic heterocycles. The summed E-state index contributed by atoms with van der Waals surface area (Å²) in [6.45, 7) is 6.30. The molecule has 0 rings (SSSR count). The lowest BCUT2D eigenvalue weighted by Crippen LogP contribution is -2.30. The zero-order chi connectivity index (χ0) is 42.3. The molecule has 0 spiro atoms. The summed E-state index contributed by atoms with van der Waals surface area (Å²) < 4.78 is 16.7. The van der Waals surface area contributed by atoms with Crippen molar-refractivity contribution in [1.29, 1.82) is 0 Å². The molecule has 58 heavy (non-hydrogen) atoms. The molecule has 0 fully saturated rings. The Labute approximate surface area is 356 Å². The Hall–Kier alpha value is -3.67. The van der Waals surface area contributed by atoms with Gasteiger partial charge < -0.3 is 14.2 Å². The second-order valence-electron chi connectivity index (χ2n) is 15.1. The number of esters is 3. The zero-order valence-corrected chi connectivity index (χ0v) is 37.3. The lowest BCUT2D eigenvalue weighted by molar-refractivity contribution is -0.167. The predicted molar refractivity (Wildman–Crippen MR) is 247 cm³/mol. The van der Waals surface area contributed by atoms with Gasteiger partial charge in [-0.1, -0.05) is 208 Å². The molecule has 0 saturated carbocycles. The molecule has 0 aromatic rings. The van der Waals surface area contributed by atoms with Crippen LogP contribution in [0, 0.1) is 0 Å². The van der Waals surface area contributed by atoms with Crippen molar-refractivity contribution >= 4 is 17.9 Å². The van der Waals surface area contributed by atoms with Crippen LogP contribution in [0.4, 0.5) is 0 Å². The molecule has 0 amide bonds. The van der Waals surface area contributed by atoms with E-state index in [2.05, 4.69) is 57.2 Å². The molecule has 0 N–H and O–H groups in total. The second-order valence-corrected chi connectivity index (χ2v) is 15.1. The molecule has 1 atom stereocenters. The molecule has 6 heteroatoms. The third kappa shape index (κ3) is 43.5. The monoisotopic (exact) mass is 805 g/mol. The fourth-order valence-corrected chi connectivity index (χ4v) is 6.04. The molecule has 0 saturated heterocycles. The topological polar surface area (TPSA) is 78.9 Å². The van der Waals surface area contributed by atoms with Crippen molar-refractivity contribution in [2.24, 2.45) is 0 Å². The standard InChI is InChI=1S/C52H84O6/c1-4-7-10-13-16-19-22-24-25-26-27-28-31-33-36-39-42-45-51(54)57-48-49(47-56-50(53)44-41-38-35-32-29-21-18-15-12-9-6-3)58-52(55)46-43-40-37-34-30-23-20-17-14-11-8-5-2/h7-8,10-11,13,16-17,19-20,22,24-28,31,49H,4-6,9,12,14-15,18,21,23,29-30,32-48H2,1-3H3/b10-7-,11-8-,16-13-,20-17-,22-19-,25-24-,27-26+,31-28-. The van der Waals surface area contributed by atoms with Crippen LogP contribution >= 0.6 is 0 Å². The van der Waals surface area contributed by atoms with Crippen LogP contribution in [0.15, 0.2) is 97.2 Å². The first-order valence-electron chi connectivity index (χ1n) is 23.3. The number of carbonyl (C=O) groups excluding carboxylic acids is 3. The van der Waals surface area contributed by atoms with E-state index in [1.165, 1.54) is 51.4 Å². The van der Waals surface area contributed by atoms with Gasteiger partial charge in [-0.05, 0) is 64.2 Å². The largest absolute Gasteiger partial charge is 0.462 e. The van der Waals surface area contributed by atoms with Crippen LogP contribution in [0.25, 0.3) is 0 Å². The van der Waals surface area contributed by atoms with Crippen LogP contribution in [0.5, 0.6) is 0 Å². The van der Waals surface area contributed by atoms with Crippen LogP contribution in [0.3, 0.4) is 0 Å². The van der Waals surface area contributed by atoms with E-state index in [9.17, 15) is 14.4 Å². The van der Waals surface area contributed by atoms with Gasteiger partial charge in [0.25, 0.3) is 0 Å². The first kappa shape index (κ1) is 54.3. The van der Waals surface area contributed by atoms with Gasteiger partial charge in [-0.3, -0.25) is 14.4 Å². The van der Waals surface area contributed by atoms with Crippen LogP contribution in [-0.4, -0.2) is 37.2 Å². The van der Waals surface area contributed by atoms with Crippen LogP contribution in [0.1, 0.15) is 194 Å². The maximum atomic E-state index is 12.7. The molecule has 1 unspecified atom stereocenters. The lowest BCUT2D eigenvalue weighted by Gasteiger charge is -2.18. The number of carbonyl (C=O) groups is 3. The predicted octanol–water partition coefficient (Wildman–Crippen LogP) is 15.0. The minimum absolute atomic E-state index is 0.0980. The molecule has 0 heterocycles. The highest BCUT2D eigenvalue weighted by molar-refractivity contribution is 5.71. The van der Waals surface area contributed by atoms with Crippen molar-refractivity contribution in [3.05, 3.63) is 97.2 Å². The van der Waals surface area contributed by atoms with E-state index in [4.69, 9.17) is 14.2 Å². The lowest BCUT2D eigenvalue weighted by atomic mass is 10.1. The summed E-state index contributed by atoms with van der Waals surface area (Å²) in [6.07, 6.45) is 59.6. The van der Waals surface area contributed by atoms with E-state index >= 15 is 0 Å². The van der Waals surface area contributed by atoms with Gasteiger partial charge in [-0.25, -0.2) is 0 Å². The number of hydrogen-bond donors (Lipinski definition) is 0. The Balaban J connectivity index is 4.50. The average Bonchev–Trinajstić information content (AvgIpc) is 3.22. The van der Waals surface area contributed by atoms with Crippen molar-refractivity contribution < 1.29 is 28.6 Å². The Kier molecular flexibility index (Phi) is 43.1. The van der Waals surface area contributed by atoms with Gasteiger partial charge in [-0.15, -0.1) is 0 Å². The van der Waals surface area contributed by atoms with Crippen molar-refractivity contribution in [3.63, 3.8) is 0 Å². The summed E-state index contributed by atoms with van der Waals surface area (Å²) in [6, 6.07) is 0. The Bertz CT molecular complexity index is 1200. The Morgan fingerprint density at radius 2 is 0.759 bits per heavy atom. The minimum Gasteiger partial charge on any atom is -0.462 e. The van der Waals surface area contributed by atoms with Gasteiger partial charge in [0, 0.05) is 19.3 Å². The van der Waals surface area contributed by atoms with Gasteiger partial charge in [-0.2, -0.15) is 0 Å². The number of hydrogen-bond acceptors (Lipinski definition) is 6. The molecule has 0 aliphatic rings. The first-order valence-corrected chi connectivity index (χ1v) is 23.3. The first-order chi connectivity index (χ1) is 28.5. The minimum atomic E-state index is -0.800. The highest BCUT2D eigenvalue weighted by atomic mass is 16.6. The van der Waals surface area contributed by atoms with Crippen molar-refractivity contribution in [3.8, 4) is 0 Å². The van der Waals surface area contributed by atoms with E-state index in [0.717, 1.165) is 103 Å². The maximum Gasteiger partial charge on any atom is 0.306 e. The molecule has 0 bridgehead atoms. The number of allylic oxidation sites excluding steroid dienone is 16. The molecule has 328 valence electrons. The molecular formula is C52H84O6. The zero-order valence-electron chi connectivity index (χ0n) is 37.3. The van der Waals surface area contributed by atoms with E-state index in [1.54, 1.807) is 0 Å². The third-order valence-electron chi connectivity index (χ3n) is 9.50. The Morgan fingerprint density at radius 1 is 0.379 bits per heavy atom. The molecular weight excluding hydrogens is 721 g/mol. The summed E-state index contributed by atoms with van der Waals surface area (Å²) in [5.41, 5.74) is 0. The average molecular weight is 805 g/mol. The van der Waals surface area contributed by atoms with Crippen molar-refractivity contribution in [2.45, 2.75) is 200 Å². The van der Waals surface area contributed by atoms with Crippen LogP contribution in [-0.2, 0) is 28.6 Å². The van der Waals surface area contributed by atoms with E-state index < -0.39 is 6.10 Å². The fraction of sp³-hybridized carbons (Fsp3) is 0.635. The van der Waals surface area contributed by atoms with Gasteiger partial charge in [0.15, 0.2) is 6.10 Å². The van der Waals surface area contributed by atoms with Gasteiger partial charge in [0.2, 0.25) is 0 Å². The van der Waals surface area contributed by atoms with E-state index in [-0.39, 0.29) is 31.1 Å². The second kappa shape index (κ2) is 46.0. The maximum absolute atomic E-state index is 12.7. The van der Waals surface area contributed by atoms with Crippen LogP contribution < -0.4 is 0 Å². The SMILES string of the molecule is CC\C=C/C=C\C=C/C=C\C=C\C=C/CCCCCC(=O)OCC(COC(=O)CCCCCCCCCCCCC)OC(=O)CCCCCCC/C=C\C/C=C\CC. The van der Waals surface area contributed by atoms with Crippen molar-refractivity contribution in [1.82, 2.24) is 0 Å². The smallest absolute Gasteiger partial charge is 0.306 e. The van der Waals surface area contributed by atoms with E-state index in [0.29, 0.717) is 19.3 Å². The number of ether oxygens (including phenoxy) is 3. The normalized spacial score (nSPS) is 12.9. The highest BCUT2D eigenvalue weighted by Crippen LogP contribution is 2.14. The Morgan fingerprint density at radius 3 is 1.26 bits per heavy atom. The molecule has 6 nitrogen and oxygen atoms in total. The number of unbranched alkanes of at least 4 members (excludes halogenated alkanes) is 18. The molecule has 0 aromatic carbocycles. The summed E-state index contributed by atoms with van der Waals surface area (Å²) in [5.74, 6) is -0.967. The van der Waals surface area contributed by atoms with Gasteiger partial charge in [0.1, 0.15) is 13.2 Å². The summed E-state index contributed by atoms with van der Waals surface area (Å²) in [4.78, 5) is 37.8. The molecule has 0 aliphatic heterocycles.